The van der Waals surface area contributed by atoms with Crippen molar-refractivity contribution in [3.8, 4) is 0 Å². The van der Waals surface area contributed by atoms with E-state index in [4.69, 9.17) is 0 Å². The first-order valence-corrected chi connectivity index (χ1v) is 7.10. The maximum absolute atomic E-state index is 11.3. The summed E-state index contributed by atoms with van der Waals surface area (Å²) in [7, 11) is 0. The van der Waals surface area contributed by atoms with Crippen molar-refractivity contribution >= 4 is 5.78 Å². The van der Waals surface area contributed by atoms with E-state index in [0.717, 1.165) is 25.7 Å². The molecular formula is C16H28O. The van der Waals surface area contributed by atoms with Gasteiger partial charge in [0.05, 0.1) is 0 Å². The van der Waals surface area contributed by atoms with Crippen molar-refractivity contribution in [2.75, 3.05) is 0 Å². The second kappa shape index (κ2) is 13.2. The molecule has 0 saturated carbocycles. The van der Waals surface area contributed by atoms with Crippen LogP contribution in [-0.2, 0) is 4.79 Å². The van der Waals surface area contributed by atoms with Gasteiger partial charge < -0.3 is 0 Å². The Kier molecular flexibility index (Phi) is 12.6. The lowest BCUT2D eigenvalue weighted by Crippen LogP contribution is -1.96. The van der Waals surface area contributed by atoms with Crippen LogP contribution >= 0.6 is 0 Å². The van der Waals surface area contributed by atoms with Crippen molar-refractivity contribution in [3.05, 3.63) is 24.8 Å². The molecule has 0 rings (SSSR count). The van der Waals surface area contributed by atoms with Crippen molar-refractivity contribution in [1.29, 1.82) is 0 Å². The van der Waals surface area contributed by atoms with Crippen molar-refractivity contribution in [2.45, 2.75) is 71.1 Å². The first-order valence-electron chi connectivity index (χ1n) is 7.10. The van der Waals surface area contributed by atoms with Gasteiger partial charge in [0.2, 0.25) is 0 Å². The standard InChI is InChI=1S/C16H28O/c1-3-5-6-7-8-9-10-11-12-13-15-16(17)14-4-2/h3,5-6H,1,4,7-15H2,2H3. The van der Waals surface area contributed by atoms with Crippen LogP contribution in [0.2, 0.25) is 0 Å². The zero-order valence-corrected chi connectivity index (χ0v) is 11.4. The van der Waals surface area contributed by atoms with Crippen molar-refractivity contribution < 1.29 is 4.79 Å². The third-order valence-corrected chi connectivity index (χ3v) is 2.88. The summed E-state index contributed by atoms with van der Waals surface area (Å²) in [5.41, 5.74) is 0. The van der Waals surface area contributed by atoms with Crippen molar-refractivity contribution in [2.24, 2.45) is 0 Å². The molecular weight excluding hydrogens is 208 g/mol. The summed E-state index contributed by atoms with van der Waals surface area (Å²) in [4.78, 5) is 11.3. The van der Waals surface area contributed by atoms with Crippen LogP contribution in [0.5, 0.6) is 0 Å². The molecule has 0 N–H and O–H groups in total. The van der Waals surface area contributed by atoms with E-state index in [1.807, 2.05) is 12.2 Å². The number of allylic oxidation sites excluding steroid dienone is 3. The summed E-state index contributed by atoms with van der Waals surface area (Å²) in [6.07, 6.45) is 17.2. The molecule has 0 aliphatic carbocycles. The van der Waals surface area contributed by atoms with Crippen LogP contribution in [0.4, 0.5) is 0 Å². The summed E-state index contributed by atoms with van der Waals surface area (Å²) in [6, 6.07) is 0. The lowest BCUT2D eigenvalue weighted by molar-refractivity contribution is -0.119. The lowest BCUT2D eigenvalue weighted by Gasteiger charge is -2.00. The molecule has 98 valence electrons. The van der Waals surface area contributed by atoms with E-state index in [1.165, 1.54) is 38.5 Å². The van der Waals surface area contributed by atoms with Gasteiger partial charge in [-0.3, -0.25) is 4.79 Å². The minimum atomic E-state index is 0.446. The average molecular weight is 236 g/mol. The zero-order valence-electron chi connectivity index (χ0n) is 11.4. The number of hydrogen-bond donors (Lipinski definition) is 0. The molecule has 0 aromatic carbocycles. The quantitative estimate of drug-likeness (QED) is 0.335. The largest absolute Gasteiger partial charge is 0.300 e. The smallest absolute Gasteiger partial charge is 0.132 e. The highest BCUT2D eigenvalue weighted by Crippen LogP contribution is 2.10. The van der Waals surface area contributed by atoms with E-state index >= 15 is 0 Å². The van der Waals surface area contributed by atoms with Crippen LogP contribution in [0.25, 0.3) is 0 Å². The van der Waals surface area contributed by atoms with Gasteiger partial charge in [-0.1, -0.05) is 57.4 Å². The molecule has 0 heterocycles. The second-order valence-electron chi connectivity index (χ2n) is 4.61. The molecule has 0 unspecified atom stereocenters. The fourth-order valence-corrected chi connectivity index (χ4v) is 1.89. The Hall–Kier alpha value is -0.850. The first kappa shape index (κ1) is 16.1. The monoisotopic (exact) mass is 236 g/mol. The Morgan fingerprint density at radius 2 is 1.65 bits per heavy atom. The van der Waals surface area contributed by atoms with Gasteiger partial charge >= 0.3 is 0 Å². The zero-order chi connectivity index (χ0) is 12.8. The molecule has 0 aromatic rings. The maximum atomic E-state index is 11.3. The SMILES string of the molecule is C=CC=CCCCCCCCCC(=O)CCC. The highest BCUT2D eigenvalue weighted by molar-refractivity contribution is 5.78. The second-order valence-corrected chi connectivity index (χ2v) is 4.61. The van der Waals surface area contributed by atoms with Gasteiger partial charge in [0, 0.05) is 12.8 Å². The molecule has 1 nitrogen and oxygen atoms in total. The summed E-state index contributed by atoms with van der Waals surface area (Å²) >= 11 is 0. The van der Waals surface area contributed by atoms with Crippen LogP contribution in [-0.4, -0.2) is 5.78 Å². The van der Waals surface area contributed by atoms with E-state index < -0.39 is 0 Å². The lowest BCUT2D eigenvalue weighted by atomic mass is 10.1. The molecule has 0 aromatic heterocycles. The highest BCUT2D eigenvalue weighted by Gasteiger charge is 1.99. The Labute approximate surface area is 107 Å². The molecule has 0 fully saturated rings. The van der Waals surface area contributed by atoms with E-state index in [2.05, 4.69) is 19.6 Å². The Bertz CT molecular complexity index is 216. The first-order chi connectivity index (χ1) is 8.31. The fraction of sp³-hybridized carbons (Fsp3) is 0.688. The summed E-state index contributed by atoms with van der Waals surface area (Å²) < 4.78 is 0. The number of Topliss-reactive ketones (excluding diaryl/α,β-unsaturated/α-hetero) is 1. The fourth-order valence-electron chi connectivity index (χ4n) is 1.89. The van der Waals surface area contributed by atoms with Gasteiger partial charge in [0.25, 0.3) is 0 Å². The number of carbonyl (C=O) groups is 1. The van der Waals surface area contributed by atoms with Gasteiger partial charge in [-0.15, -0.1) is 0 Å². The van der Waals surface area contributed by atoms with E-state index in [0.29, 0.717) is 5.78 Å². The minimum absolute atomic E-state index is 0.446. The Morgan fingerprint density at radius 3 is 2.29 bits per heavy atom. The van der Waals surface area contributed by atoms with Gasteiger partial charge in [0.15, 0.2) is 0 Å². The van der Waals surface area contributed by atoms with E-state index in [1.54, 1.807) is 0 Å². The summed E-state index contributed by atoms with van der Waals surface area (Å²) in [5.74, 6) is 0.446. The number of ketones is 1. The van der Waals surface area contributed by atoms with Gasteiger partial charge in [-0.05, 0) is 25.7 Å². The number of rotatable bonds is 12. The molecule has 0 saturated heterocycles. The van der Waals surface area contributed by atoms with Gasteiger partial charge in [-0.2, -0.15) is 0 Å². The van der Waals surface area contributed by atoms with Gasteiger partial charge in [-0.25, -0.2) is 0 Å². The molecule has 0 bridgehead atoms. The molecule has 0 aliphatic heterocycles. The molecule has 0 spiro atoms. The van der Waals surface area contributed by atoms with Crippen LogP contribution in [0.3, 0.4) is 0 Å². The third-order valence-electron chi connectivity index (χ3n) is 2.88. The van der Waals surface area contributed by atoms with Crippen molar-refractivity contribution in [3.63, 3.8) is 0 Å². The number of hydrogen-bond acceptors (Lipinski definition) is 1. The topological polar surface area (TPSA) is 17.1 Å². The normalized spacial score (nSPS) is 10.9. The molecule has 0 amide bonds. The Morgan fingerprint density at radius 1 is 1.00 bits per heavy atom. The molecule has 1 heteroatoms. The molecule has 0 atom stereocenters. The van der Waals surface area contributed by atoms with E-state index in [9.17, 15) is 4.79 Å². The number of carbonyl (C=O) groups excluding carboxylic acids is 1. The summed E-state index contributed by atoms with van der Waals surface area (Å²) in [5, 5.41) is 0. The maximum Gasteiger partial charge on any atom is 0.132 e. The predicted molar refractivity (Wildman–Crippen MR) is 76.2 cm³/mol. The van der Waals surface area contributed by atoms with Crippen LogP contribution in [0, 0.1) is 0 Å². The van der Waals surface area contributed by atoms with Crippen LogP contribution in [0.15, 0.2) is 24.8 Å². The predicted octanol–water partition coefficient (Wildman–Crippen LogP) is 5.22. The van der Waals surface area contributed by atoms with Crippen LogP contribution < -0.4 is 0 Å². The van der Waals surface area contributed by atoms with E-state index in [-0.39, 0.29) is 0 Å². The third kappa shape index (κ3) is 13.1. The van der Waals surface area contributed by atoms with Crippen molar-refractivity contribution in [1.82, 2.24) is 0 Å². The summed E-state index contributed by atoms with van der Waals surface area (Å²) in [6.45, 7) is 5.71. The molecule has 0 aliphatic rings. The van der Waals surface area contributed by atoms with Gasteiger partial charge in [0.1, 0.15) is 5.78 Å². The average Bonchev–Trinajstić information content (AvgIpc) is 2.32. The molecule has 0 radical (unpaired) electrons. The Balaban J connectivity index is 3.10. The molecule has 17 heavy (non-hydrogen) atoms. The highest BCUT2D eigenvalue weighted by atomic mass is 16.1. The minimum Gasteiger partial charge on any atom is -0.300 e. The number of unbranched alkanes of at least 4 members (excludes halogenated alkanes) is 6. The van der Waals surface area contributed by atoms with Crippen LogP contribution in [0.1, 0.15) is 71.1 Å².